The Hall–Kier alpha value is -2.21. The molecular weight excluding hydrogens is 384 g/mol. The lowest BCUT2D eigenvalue weighted by atomic mass is 10.1. The van der Waals surface area contributed by atoms with Crippen molar-refractivity contribution in [1.82, 2.24) is 0 Å². The number of hydrogen-bond donors (Lipinski definition) is 1. The molecule has 3 nitrogen and oxygen atoms in total. The van der Waals surface area contributed by atoms with Crippen molar-refractivity contribution < 1.29 is 9.67 Å². The molecule has 132 valence electrons. The number of nitrogens with one attached hydrogen (secondary N) is 1. The van der Waals surface area contributed by atoms with E-state index >= 15 is 0 Å². The summed E-state index contributed by atoms with van der Waals surface area (Å²) in [6.07, 6.45) is 3.61. The molecule has 3 rings (SSSR count). The van der Waals surface area contributed by atoms with Crippen molar-refractivity contribution in [3.63, 3.8) is 0 Å². The Balaban J connectivity index is 2.04. The zero-order valence-electron chi connectivity index (χ0n) is 14.3. The molecule has 2 aromatic heterocycles. The molecule has 1 N–H and O–H groups in total. The van der Waals surface area contributed by atoms with Gasteiger partial charge in [-0.05, 0) is 43.4 Å². The fourth-order valence-corrected chi connectivity index (χ4v) is 3.87. The average Bonchev–Trinajstić information content (AvgIpc) is 3.05. The largest absolute Gasteiger partial charge is 0.867 e. The third-order valence-electron chi connectivity index (χ3n) is 3.83. The van der Waals surface area contributed by atoms with E-state index in [1.807, 2.05) is 44.2 Å². The summed E-state index contributed by atoms with van der Waals surface area (Å²) in [5.41, 5.74) is 3.51. The highest BCUT2D eigenvalue weighted by Crippen LogP contribution is 2.27. The molecule has 0 aliphatic rings. The summed E-state index contributed by atoms with van der Waals surface area (Å²) in [5.74, 6) is -0.166. The number of thiocarbonyl (C=S) groups is 1. The van der Waals surface area contributed by atoms with Crippen LogP contribution in [0.15, 0.2) is 60.9 Å². The monoisotopic (exact) mass is 400 g/mol. The summed E-state index contributed by atoms with van der Waals surface area (Å²) in [6, 6.07) is 15.1. The molecule has 0 fully saturated rings. The molecule has 0 radical (unpaired) electrons. The van der Waals surface area contributed by atoms with Gasteiger partial charge in [-0.25, -0.2) is 0 Å². The van der Waals surface area contributed by atoms with Gasteiger partial charge in [0.25, 0.3) is 0 Å². The fraction of sp³-hybridized carbons (Fsp3) is 0.100. The Bertz CT molecular complexity index is 980. The van der Waals surface area contributed by atoms with Gasteiger partial charge < -0.3 is 10.4 Å². The Labute approximate surface area is 167 Å². The third-order valence-corrected chi connectivity index (χ3v) is 5.36. The molecule has 0 atom stereocenters. The van der Waals surface area contributed by atoms with Crippen LogP contribution in [0.4, 0.5) is 5.69 Å². The molecule has 3 aromatic rings. The van der Waals surface area contributed by atoms with E-state index in [1.165, 1.54) is 16.9 Å². The first kappa shape index (κ1) is 18.6. The van der Waals surface area contributed by atoms with Gasteiger partial charge >= 0.3 is 0 Å². The smallest absolute Gasteiger partial charge is 0.239 e. The Morgan fingerprint density at radius 3 is 2.46 bits per heavy atom. The van der Waals surface area contributed by atoms with Crippen LogP contribution in [0.2, 0.25) is 4.34 Å². The van der Waals surface area contributed by atoms with Crippen LogP contribution < -0.4 is 15.0 Å². The first-order valence-electron chi connectivity index (χ1n) is 7.98. The summed E-state index contributed by atoms with van der Waals surface area (Å²) in [4.78, 5) is 0.911. The number of aromatic nitrogens is 1. The molecule has 1 aromatic carbocycles. The van der Waals surface area contributed by atoms with Gasteiger partial charge in [-0.3, -0.25) is 0 Å². The van der Waals surface area contributed by atoms with Gasteiger partial charge in [0.05, 0.1) is 4.34 Å². The Kier molecular flexibility index (Phi) is 5.71. The maximum atomic E-state index is 13.1. The third kappa shape index (κ3) is 4.12. The Morgan fingerprint density at radius 2 is 1.85 bits per heavy atom. The van der Waals surface area contributed by atoms with E-state index in [4.69, 9.17) is 23.8 Å². The van der Waals surface area contributed by atoms with Gasteiger partial charge in [0.2, 0.25) is 5.70 Å². The molecule has 0 aliphatic heterocycles. The summed E-state index contributed by atoms with van der Waals surface area (Å²) >= 11 is 12.8. The zero-order valence-corrected chi connectivity index (χ0v) is 16.7. The van der Waals surface area contributed by atoms with Gasteiger partial charge in [-0.2, -0.15) is 4.57 Å². The normalized spacial score (nSPS) is 11.8. The summed E-state index contributed by atoms with van der Waals surface area (Å²) in [6.45, 7) is 4.05. The summed E-state index contributed by atoms with van der Waals surface area (Å²) < 4.78 is 2.30. The average molecular weight is 401 g/mol. The zero-order chi connectivity index (χ0) is 18.7. The van der Waals surface area contributed by atoms with E-state index in [2.05, 4.69) is 11.4 Å². The second kappa shape index (κ2) is 7.99. The number of pyridine rings is 1. The second-order valence-corrected chi connectivity index (χ2v) is 7.96. The van der Waals surface area contributed by atoms with Crippen LogP contribution in [0.1, 0.15) is 16.0 Å². The van der Waals surface area contributed by atoms with Crippen LogP contribution in [-0.4, -0.2) is 4.99 Å². The number of halogens is 1. The maximum Gasteiger partial charge on any atom is 0.239 e. The van der Waals surface area contributed by atoms with E-state index in [0.29, 0.717) is 19.9 Å². The predicted octanol–water partition coefficient (Wildman–Crippen LogP) is 4.43. The van der Waals surface area contributed by atoms with E-state index in [-0.39, 0.29) is 5.76 Å². The fourth-order valence-electron chi connectivity index (χ4n) is 2.57. The number of thiophene rings is 1. The molecule has 0 amide bonds. The molecule has 0 saturated carbocycles. The molecular formula is C20H17ClN2OS2. The van der Waals surface area contributed by atoms with Crippen LogP contribution in [0.25, 0.3) is 11.5 Å². The number of anilines is 1. The van der Waals surface area contributed by atoms with Gasteiger partial charge in [0.1, 0.15) is 0 Å². The number of hydrogen-bond acceptors (Lipinski definition) is 3. The maximum absolute atomic E-state index is 13.1. The number of benzene rings is 1. The van der Waals surface area contributed by atoms with Gasteiger partial charge in [0.15, 0.2) is 17.4 Å². The van der Waals surface area contributed by atoms with Gasteiger partial charge in [-0.15, -0.1) is 11.3 Å². The van der Waals surface area contributed by atoms with E-state index < -0.39 is 0 Å². The van der Waals surface area contributed by atoms with Crippen molar-refractivity contribution in [3.8, 4) is 0 Å². The molecule has 6 heteroatoms. The predicted molar refractivity (Wildman–Crippen MR) is 111 cm³/mol. The lowest BCUT2D eigenvalue weighted by Gasteiger charge is -2.16. The minimum absolute atomic E-state index is 0.166. The van der Waals surface area contributed by atoms with Crippen LogP contribution >= 0.6 is 35.2 Å². The first-order chi connectivity index (χ1) is 12.5. The first-order valence-corrected chi connectivity index (χ1v) is 9.58. The van der Waals surface area contributed by atoms with Crippen molar-refractivity contribution in [2.75, 3.05) is 5.32 Å². The molecule has 0 saturated heterocycles. The molecule has 0 bridgehead atoms. The standard InChI is InChI=1S/C20H17ClN2OS2/c1-13-6-7-15(14(2)12-13)22-20(25)18(23-10-4-3-5-11-23)19(24)16-8-9-17(21)26-16/h3-12H,1-2H3,(H-,22,24,25). The van der Waals surface area contributed by atoms with Crippen molar-refractivity contribution in [1.29, 1.82) is 0 Å². The van der Waals surface area contributed by atoms with E-state index in [9.17, 15) is 5.11 Å². The van der Waals surface area contributed by atoms with Crippen LogP contribution in [0, 0.1) is 13.8 Å². The number of rotatable bonds is 4. The molecule has 0 spiro atoms. The van der Waals surface area contributed by atoms with E-state index in [1.54, 1.807) is 29.1 Å². The van der Waals surface area contributed by atoms with Crippen LogP contribution in [0.3, 0.4) is 0 Å². The highest BCUT2D eigenvalue weighted by molar-refractivity contribution is 7.81. The number of nitrogens with zero attached hydrogens (tertiary/aromatic N) is 1. The van der Waals surface area contributed by atoms with Gasteiger partial charge in [0, 0.05) is 22.7 Å². The SMILES string of the molecule is Cc1ccc(NC(=S)C(=C([O-])c2ccc(Cl)s2)[n+]2ccccc2)c(C)c1. The second-order valence-electron chi connectivity index (χ2n) is 5.84. The summed E-state index contributed by atoms with van der Waals surface area (Å²) in [5, 5.41) is 16.3. The molecule has 2 heterocycles. The minimum Gasteiger partial charge on any atom is -0.867 e. The molecule has 0 aliphatic carbocycles. The van der Waals surface area contributed by atoms with Crippen LogP contribution in [-0.2, 0) is 0 Å². The number of aryl methyl sites for hydroxylation is 2. The lowest BCUT2D eigenvalue weighted by molar-refractivity contribution is -0.577. The summed E-state index contributed by atoms with van der Waals surface area (Å²) in [7, 11) is 0. The van der Waals surface area contributed by atoms with Crippen molar-refractivity contribution in [3.05, 3.63) is 81.3 Å². The lowest BCUT2D eigenvalue weighted by Crippen LogP contribution is -2.39. The quantitative estimate of drug-likeness (QED) is 0.305. The van der Waals surface area contributed by atoms with Crippen molar-refractivity contribution in [2.24, 2.45) is 0 Å². The molecule has 0 unspecified atom stereocenters. The highest BCUT2D eigenvalue weighted by atomic mass is 35.5. The van der Waals surface area contributed by atoms with Crippen molar-refractivity contribution >= 4 is 57.3 Å². The topological polar surface area (TPSA) is 39.0 Å². The van der Waals surface area contributed by atoms with Crippen molar-refractivity contribution in [2.45, 2.75) is 13.8 Å². The van der Waals surface area contributed by atoms with E-state index in [0.717, 1.165) is 11.3 Å². The van der Waals surface area contributed by atoms with Crippen LogP contribution in [0.5, 0.6) is 0 Å². The minimum atomic E-state index is -0.166. The Morgan fingerprint density at radius 1 is 1.12 bits per heavy atom. The van der Waals surface area contributed by atoms with Gasteiger partial charge in [-0.1, -0.05) is 47.6 Å². The molecule has 26 heavy (non-hydrogen) atoms. The highest BCUT2D eigenvalue weighted by Gasteiger charge is 2.19.